The van der Waals surface area contributed by atoms with E-state index >= 15 is 0 Å². The number of aliphatic carboxylic acids is 1. The number of amides is 1. The zero-order valence-electron chi connectivity index (χ0n) is 14.1. The summed E-state index contributed by atoms with van der Waals surface area (Å²) in [5, 5.41) is 13.5. The molecule has 0 radical (unpaired) electrons. The topological polar surface area (TPSA) is 84.7 Å². The summed E-state index contributed by atoms with van der Waals surface area (Å²) in [6.45, 7) is 1.20. The maximum absolute atomic E-state index is 13.0. The number of rotatable bonds is 4. The number of carbonyl (C=O) groups excluding carboxylic acids is 1. The van der Waals surface area contributed by atoms with E-state index in [0.717, 1.165) is 18.5 Å². The Morgan fingerprint density at radius 3 is 2.79 bits per heavy atom. The van der Waals surface area contributed by atoms with E-state index in [4.69, 9.17) is 9.84 Å². The average molecular weight is 335 g/mol. The molecule has 1 N–H and O–H groups in total. The van der Waals surface area contributed by atoms with Crippen LogP contribution in [0.2, 0.25) is 0 Å². The molecular formula is C17H25N3O4. The minimum atomic E-state index is -0.904. The number of aryl methyl sites for hydroxylation is 1. The largest absolute Gasteiger partial charge is 0.481 e. The van der Waals surface area contributed by atoms with Gasteiger partial charge in [0.15, 0.2) is 0 Å². The normalized spacial score (nSPS) is 22.5. The lowest BCUT2D eigenvalue weighted by molar-refractivity contribution is -0.141. The van der Waals surface area contributed by atoms with Crippen molar-refractivity contribution in [1.29, 1.82) is 0 Å². The highest BCUT2D eigenvalue weighted by molar-refractivity contribution is 5.95. The van der Waals surface area contributed by atoms with Crippen LogP contribution in [0.25, 0.3) is 0 Å². The predicted molar refractivity (Wildman–Crippen MR) is 86.9 cm³/mol. The SMILES string of the molecule is Cn1cc(C(=O)N2CCOC(CC(=O)O)C2)c(C2CCCCC2)n1. The molecule has 1 aliphatic carbocycles. The molecule has 7 heteroatoms. The molecule has 2 fully saturated rings. The Hall–Kier alpha value is -1.89. The minimum absolute atomic E-state index is 0.0534. The first-order chi connectivity index (χ1) is 11.5. The van der Waals surface area contributed by atoms with Gasteiger partial charge in [0, 0.05) is 32.3 Å². The van der Waals surface area contributed by atoms with Gasteiger partial charge < -0.3 is 14.7 Å². The van der Waals surface area contributed by atoms with E-state index in [-0.39, 0.29) is 12.3 Å². The van der Waals surface area contributed by atoms with E-state index in [1.165, 1.54) is 19.3 Å². The summed E-state index contributed by atoms with van der Waals surface area (Å²) < 4.78 is 7.18. The summed E-state index contributed by atoms with van der Waals surface area (Å²) in [6, 6.07) is 0. The zero-order valence-corrected chi connectivity index (χ0v) is 14.1. The van der Waals surface area contributed by atoms with Crippen LogP contribution in [0.15, 0.2) is 6.20 Å². The number of hydrogen-bond donors (Lipinski definition) is 1. The number of carboxylic acids is 1. The highest BCUT2D eigenvalue weighted by Crippen LogP contribution is 2.34. The standard InChI is InChI=1S/C17H25N3O4/c1-19-11-14(16(18-19)12-5-3-2-4-6-12)17(23)20-7-8-24-13(10-20)9-15(21)22/h11-13H,2-10H2,1H3,(H,21,22). The Morgan fingerprint density at radius 1 is 1.33 bits per heavy atom. The van der Waals surface area contributed by atoms with Gasteiger partial charge in [-0.3, -0.25) is 14.3 Å². The van der Waals surface area contributed by atoms with Crippen molar-refractivity contribution >= 4 is 11.9 Å². The van der Waals surface area contributed by atoms with Crippen LogP contribution in [0, 0.1) is 0 Å². The Kier molecular flexibility index (Phi) is 5.18. The highest BCUT2D eigenvalue weighted by Gasteiger charge is 2.31. The van der Waals surface area contributed by atoms with E-state index in [1.807, 2.05) is 7.05 Å². The first-order valence-electron chi connectivity index (χ1n) is 8.71. The maximum atomic E-state index is 13.0. The highest BCUT2D eigenvalue weighted by atomic mass is 16.5. The van der Waals surface area contributed by atoms with Gasteiger partial charge in [-0.05, 0) is 12.8 Å². The molecular weight excluding hydrogens is 310 g/mol. The second-order valence-corrected chi connectivity index (χ2v) is 6.78. The molecule has 1 aromatic rings. The first kappa shape index (κ1) is 17.0. The molecule has 1 saturated carbocycles. The Balaban J connectivity index is 1.75. The summed E-state index contributed by atoms with van der Waals surface area (Å²) in [4.78, 5) is 25.6. The molecule has 1 aliphatic heterocycles. The molecule has 0 bridgehead atoms. The number of carbonyl (C=O) groups is 2. The molecule has 2 heterocycles. The molecule has 7 nitrogen and oxygen atoms in total. The number of morpholine rings is 1. The third kappa shape index (κ3) is 3.77. The lowest BCUT2D eigenvalue weighted by Crippen LogP contribution is -2.46. The minimum Gasteiger partial charge on any atom is -0.481 e. The number of ether oxygens (including phenoxy) is 1. The van der Waals surface area contributed by atoms with Gasteiger partial charge in [-0.1, -0.05) is 19.3 Å². The predicted octanol–water partition coefficient (Wildman–Crippen LogP) is 1.78. The van der Waals surface area contributed by atoms with Crippen LogP contribution in [0.5, 0.6) is 0 Å². The van der Waals surface area contributed by atoms with Crippen LogP contribution < -0.4 is 0 Å². The second-order valence-electron chi connectivity index (χ2n) is 6.78. The molecule has 1 amide bonds. The number of carboxylic acid groups (broad SMARTS) is 1. The van der Waals surface area contributed by atoms with Crippen molar-refractivity contribution in [1.82, 2.24) is 14.7 Å². The van der Waals surface area contributed by atoms with Crippen LogP contribution in [-0.4, -0.2) is 57.5 Å². The maximum Gasteiger partial charge on any atom is 0.306 e. The zero-order chi connectivity index (χ0) is 17.1. The molecule has 0 spiro atoms. The van der Waals surface area contributed by atoms with Crippen molar-refractivity contribution in [2.45, 2.75) is 50.5 Å². The van der Waals surface area contributed by atoms with Crippen molar-refractivity contribution in [2.24, 2.45) is 7.05 Å². The van der Waals surface area contributed by atoms with Crippen molar-refractivity contribution < 1.29 is 19.4 Å². The lowest BCUT2D eigenvalue weighted by atomic mass is 9.85. The van der Waals surface area contributed by atoms with Crippen molar-refractivity contribution in [3.63, 3.8) is 0 Å². The molecule has 1 saturated heterocycles. The molecule has 24 heavy (non-hydrogen) atoms. The fourth-order valence-electron chi connectivity index (χ4n) is 3.74. The number of aromatic nitrogens is 2. The van der Waals surface area contributed by atoms with Crippen LogP contribution in [0.3, 0.4) is 0 Å². The van der Waals surface area contributed by atoms with Crippen molar-refractivity contribution in [3.8, 4) is 0 Å². The molecule has 1 unspecified atom stereocenters. The van der Waals surface area contributed by atoms with Crippen LogP contribution in [0.1, 0.15) is 60.5 Å². The molecule has 0 aromatic carbocycles. The lowest BCUT2D eigenvalue weighted by Gasteiger charge is -2.32. The monoisotopic (exact) mass is 335 g/mol. The van der Waals surface area contributed by atoms with Gasteiger partial charge in [0.2, 0.25) is 0 Å². The second kappa shape index (κ2) is 7.34. The Morgan fingerprint density at radius 2 is 2.08 bits per heavy atom. The Bertz CT molecular complexity index is 607. The van der Waals surface area contributed by atoms with Gasteiger partial charge in [-0.2, -0.15) is 5.10 Å². The third-order valence-corrected chi connectivity index (χ3v) is 4.91. The summed E-state index contributed by atoms with van der Waals surface area (Å²) in [5.74, 6) is -0.601. The molecule has 2 aliphatic rings. The number of nitrogens with zero attached hydrogens (tertiary/aromatic N) is 3. The van der Waals surface area contributed by atoms with E-state index < -0.39 is 12.1 Å². The summed E-state index contributed by atoms with van der Waals surface area (Å²) in [5.41, 5.74) is 1.57. The van der Waals surface area contributed by atoms with Gasteiger partial charge in [-0.15, -0.1) is 0 Å². The van der Waals surface area contributed by atoms with E-state index in [9.17, 15) is 9.59 Å². The molecule has 3 rings (SSSR count). The van der Waals surface area contributed by atoms with Crippen LogP contribution in [-0.2, 0) is 16.6 Å². The molecule has 1 atom stereocenters. The first-order valence-corrected chi connectivity index (χ1v) is 8.71. The van der Waals surface area contributed by atoms with Crippen LogP contribution >= 0.6 is 0 Å². The Labute approximate surface area is 141 Å². The van der Waals surface area contributed by atoms with Gasteiger partial charge in [-0.25, -0.2) is 0 Å². The summed E-state index contributed by atoms with van der Waals surface area (Å²) in [6.07, 6.45) is 7.09. The van der Waals surface area contributed by atoms with E-state index in [0.29, 0.717) is 31.2 Å². The fourth-order valence-corrected chi connectivity index (χ4v) is 3.74. The quantitative estimate of drug-likeness (QED) is 0.907. The van der Waals surface area contributed by atoms with Crippen molar-refractivity contribution in [2.75, 3.05) is 19.7 Å². The smallest absolute Gasteiger partial charge is 0.306 e. The van der Waals surface area contributed by atoms with E-state index in [2.05, 4.69) is 5.10 Å². The molecule has 1 aromatic heterocycles. The molecule has 132 valence electrons. The third-order valence-electron chi connectivity index (χ3n) is 4.91. The van der Waals surface area contributed by atoms with Gasteiger partial charge in [0.05, 0.1) is 30.4 Å². The van der Waals surface area contributed by atoms with Gasteiger partial charge in [0.25, 0.3) is 5.91 Å². The average Bonchev–Trinajstić information content (AvgIpc) is 2.96. The van der Waals surface area contributed by atoms with Crippen molar-refractivity contribution in [3.05, 3.63) is 17.5 Å². The van der Waals surface area contributed by atoms with Crippen LogP contribution in [0.4, 0.5) is 0 Å². The van der Waals surface area contributed by atoms with Gasteiger partial charge >= 0.3 is 5.97 Å². The summed E-state index contributed by atoms with van der Waals surface area (Å²) in [7, 11) is 1.84. The van der Waals surface area contributed by atoms with E-state index in [1.54, 1.807) is 15.8 Å². The fraction of sp³-hybridized carbons (Fsp3) is 0.706. The van der Waals surface area contributed by atoms with Gasteiger partial charge in [0.1, 0.15) is 0 Å². The summed E-state index contributed by atoms with van der Waals surface area (Å²) >= 11 is 0. The number of hydrogen-bond acceptors (Lipinski definition) is 4.